The van der Waals surface area contributed by atoms with Crippen molar-refractivity contribution in [3.8, 4) is 0 Å². The lowest BCUT2D eigenvalue weighted by Crippen LogP contribution is -2.52. The highest BCUT2D eigenvalue weighted by molar-refractivity contribution is 5.81. The van der Waals surface area contributed by atoms with Crippen molar-refractivity contribution in [1.82, 2.24) is 10.6 Å². The molecule has 0 aromatic carbocycles. The van der Waals surface area contributed by atoms with Crippen molar-refractivity contribution in [2.75, 3.05) is 7.05 Å². The van der Waals surface area contributed by atoms with Gasteiger partial charge in [-0.2, -0.15) is 0 Å². The van der Waals surface area contributed by atoms with E-state index in [0.717, 1.165) is 12.8 Å². The Balaban J connectivity index is 2.48. The van der Waals surface area contributed by atoms with Gasteiger partial charge in [-0.1, -0.05) is 5.66 Å². The van der Waals surface area contributed by atoms with Crippen LogP contribution in [0.3, 0.4) is 0 Å². The highest BCUT2D eigenvalue weighted by Gasteiger charge is 2.29. The number of nitrogens with two attached hydrogens (primary N) is 1. The zero-order valence-electron chi connectivity index (χ0n) is 6.68. The minimum absolute atomic E-state index is 0.0130. The van der Waals surface area contributed by atoms with Gasteiger partial charge in [-0.25, -0.2) is 0 Å². The van der Waals surface area contributed by atoms with E-state index in [2.05, 4.69) is 17.6 Å². The first-order valence-corrected chi connectivity index (χ1v) is 3.69. The molecular weight excluding hydrogens is 142 g/mol. The molecule has 0 aliphatic carbocycles. The SMILES string of the molecule is [CH2-]C1(N)CCC(C(=O)NC)N1. The molecule has 2 atom stereocenters. The van der Waals surface area contributed by atoms with E-state index in [1.165, 1.54) is 0 Å². The third kappa shape index (κ3) is 1.91. The van der Waals surface area contributed by atoms with Gasteiger partial charge >= 0.3 is 0 Å². The third-order valence-electron chi connectivity index (χ3n) is 1.90. The molecule has 1 aliphatic heterocycles. The number of likely N-dealkylation sites (N-methyl/N-ethyl adjacent to an activating group) is 1. The first-order valence-electron chi connectivity index (χ1n) is 3.69. The summed E-state index contributed by atoms with van der Waals surface area (Å²) in [5, 5.41) is 5.50. The molecule has 0 aromatic rings. The molecule has 64 valence electrons. The van der Waals surface area contributed by atoms with Crippen LogP contribution in [0.1, 0.15) is 12.8 Å². The second-order valence-electron chi connectivity index (χ2n) is 3.01. The van der Waals surface area contributed by atoms with E-state index in [0.29, 0.717) is 0 Å². The van der Waals surface area contributed by atoms with Crippen LogP contribution in [0, 0.1) is 6.92 Å². The van der Waals surface area contributed by atoms with E-state index < -0.39 is 5.66 Å². The minimum atomic E-state index is -0.614. The normalized spacial score (nSPS) is 37.2. The maximum Gasteiger partial charge on any atom is 0.236 e. The first kappa shape index (κ1) is 8.49. The third-order valence-corrected chi connectivity index (χ3v) is 1.90. The van der Waals surface area contributed by atoms with Gasteiger partial charge in [0.1, 0.15) is 0 Å². The van der Waals surface area contributed by atoms with E-state index in [1.54, 1.807) is 7.05 Å². The number of carbonyl (C=O) groups excluding carboxylic acids is 1. The number of hydrogen-bond acceptors (Lipinski definition) is 3. The van der Waals surface area contributed by atoms with Crippen LogP contribution in [-0.2, 0) is 4.79 Å². The summed E-state index contributed by atoms with van der Waals surface area (Å²) in [5.41, 5.74) is 5.04. The van der Waals surface area contributed by atoms with Crippen LogP contribution >= 0.6 is 0 Å². The van der Waals surface area contributed by atoms with Crippen LogP contribution in [0.4, 0.5) is 0 Å². The number of hydrogen-bond donors (Lipinski definition) is 3. The molecule has 4 N–H and O–H groups in total. The second-order valence-corrected chi connectivity index (χ2v) is 3.01. The van der Waals surface area contributed by atoms with Crippen LogP contribution in [0.5, 0.6) is 0 Å². The topological polar surface area (TPSA) is 67.2 Å². The molecule has 1 amide bonds. The molecule has 0 saturated carbocycles. The van der Waals surface area contributed by atoms with Crippen molar-refractivity contribution in [3.63, 3.8) is 0 Å². The van der Waals surface area contributed by atoms with E-state index in [9.17, 15) is 4.79 Å². The smallest absolute Gasteiger partial charge is 0.236 e. The summed E-state index contributed by atoms with van der Waals surface area (Å²) in [5.74, 6) is -0.0130. The van der Waals surface area contributed by atoms with Gasteiger partial charge in [0, 0.05) is 7.05 Å². The standard InChI is InChI=1S/C7H14N3O/c1-7(8)4-3-5(10-7)6(11)9-2/h5,10H,1,3-4,8H2,2H3,(H,9,11)/q-1. The second kappa shape index (κ2) is 2.79. The van der Waals surface area contributed by atoms with E-state index in [4.69, 9.17) is 5.73 Å². The van der Waals surface area contributed by atoms with Crippen LogP contribution < -0.4 is 16.4 Å². The molecule has 4 nitrogen and oxygen atoms in total. The molecule has 1 aliphatic rings. The van der Waals surface area contributed by atoms with Gasteiger partial charge in [0.05, 0.1) is 6.04 Å². The van der Waals surface area contributed by atoms with Gasteiger partial charge in [-0.15, -0.1) is 0 Å². The van der Waals surface area contributed by atoms with Gasteiger partial charge in [0.15, 0.2) is 0 Å². The van der Waals surface area contributed by atoms with Gasteiger partial charge in [-0.3, -0.25) is 4.79 Å². The summed E-state index contributed by atoms with van der Waals surface area (Å²) in [6.45, 7) is 3.72. The zero-order chi connectivity index (χ0) is 8.48. The van der Waals surface area contributed by atoms with Crippen LogP contribution in [-0.4, -0.2) is 24.7 Å². The largest absolute Gasteiger partial charge is 0.358 e. The Bertz CT molecular complexity index is 167. The van der Waals surface area contributed by atoms with Gasteiger partial charge in [0.2, 0.25) is 5.91 Å². The summed E-state index contributed by atoms with van der Waals surface area (Å²) < 4.78 is 0. The predicted octanol–water partition coefficient (Wildman–Crippen LogP) is -1.03. The maximum absolute atomic E-state index is 11.0. The summed E-state index contributed by atoms with van der Waals surface area (Å²) in [6, 6.07) is -0.164. The Morgan fingerprint density at radius 2 is 2.55 bits per heavy atom. The van der Waals surface area contributed by atoms with Crippen molar-refractivity contribution < 1.29 is 4.79 Å². The summed E-state index contributed by atoms with van der Waals surface area (Å²) in [7, 11) is 1.61. The average molecular weight is 156 g/mol. The number of carbonyl (C=O) groups is 1. The lowest BCUT2D eigenvalue weighted by Gasteiger charge is -2.27. The minimum Gasteiger partial charge on any atom is -0.358 e. The maximum atomic E-state index is 11.0. The fourth-order valence-electron chi connectivity index (χ4n) is 1.26. The highest BCUT2D eigenvalue weighted by Crippen LogP contribution is 2.17. The zero-order valence-corrected chi connectivity index (χ0v) is 6.68. The van der Waals surface area contributed by atoms with E-state index >= 15 is 0 Å². The number of amides is 1. The first-order chi connectivity index (χ1) is 5.05. The highest BCUT2D eigenvalue weighted by atomic mass is 16.2. The predicted molar refractivity (Wildman–Crippen MR) is 42.5 cm³/mol. The van der Waals surface area contributed by atoms with Gasteiger partial charge in [0.25, 0.3) is 0 Å². The van der Waals surface area contributed by atoms with Crippen LogP contribution in [0.15, 0.2) is 0 Å². The molecule has 1 saturated heterocycles. The monoisotopic (exact) mass is 156 g/mol. The molecule has 1 heterocycles. The van der Waals surface area contributed by atoms with Crippen LogP contribution in [0.25, 0.3) is 0 Å². The molecule has 0 radical (unpaired) electrons. The lowest BCUT2D eigenvalue weighted by atomic mass is 10.1. The summed E-state index contributed by atoms with van der Waals surface area (Å²) >= 11 is 0. The fourth-order valence-corrected chi connectivity index (χ4v) is 1.26. The quantitative estimate of drug-likeness (QED) is 0.425. The molecule has 0 aromatic heterocycles. The van der Waals surface area contributed by atoms with Crippen molar-refractivity contribution in [3.05, 3.63) is 6.92 Å². The Labute approximate surface area is 66.5 Å². The summed E-state index contributed by atoms with van der Waals surface area (Å²) in [4.78, 5) is 11.0. The average Bonchev–Trinajstić information content (AvgIpc) is 2.29. The molecule has 0 spiro atoms. The van der Waals surface area contributed by atoms with Crippen molar-refractivity contribution in [2.45, 2.75) is 24.5 Å². The van der Waals surface area contributed by atoms with E-state index in [-0.39, 0.29) is 11.9 Å². The lowest BCUT2D eigenvalue weighted by molar-refractivity contribution is -0.122. The number of nitrogens with one attached hydrogen (secondary N) is 2. The molecule has 4 heteroatoms. The molecular formula is C7H14N3O-. The van der Waals surface area contributed by atoms with Crippen molar-refractivity contribution in [2.24, 2.45) is 5.73 Å². The molecule has 1 rings (SSSR count). The Hall–Kier alpha value is -0.610. The Kier molecular flexibility index (Phi) is 2.15. The summed E-state index contributed by atoms with van der Waals surface area (Å²) in [6.07, 6.45) is 1.50. The fraction of sp³-hybridized carbons (Fsp3) is 0.714. The molecule has 0 bridgehead atoms. The Morgan fingerprint density at radius 1 is 1.91 bits per heavy atom. The molecule has 11 heavy (non-hydrogen) atoms. The number of rotatable bonds is 1. The molecule has 2 unspecified atom stereocenters. The molecule has 1 fully saturated rings. The van der Waals surface area contributed by atoms with Crippen LogP contribution in [0.2, 0.25) is 0 Å². The van der Waals surface area contributed by atoms with Gasteiger partial charge in [-0.05, 0) is 12.8 Å². The van der Waals surface area contributed by atoms with Gasteiger partial charge < -0.3 is 23.3 Å². The Morgan fingerprint density at radius 3 is 2.91 bits per heavy atom. The van der Waals surface area contributed by atoms with E-state index in [1.807, 2.05) is 0 Å². The van der Waals surface area contributed by atoms with Crippen molar-refractivity contribution in [1.29, 1.82) is 0 Å². The van der Waals surface area contributed by atoms with Crippen molar-refractivity contribution >= 4 is 5.91 Å².